The van der Waals surface area contributed by atoms with Crippen LogP contribution in [0.15, 0.2) is 24.3 Å². The van der Waals surface area contributed by atoms with Gasteiger partial charge in [0.05, 0.1) is 10.9 Å². The second-order valence-electron chi connectivity index (χ2n) is 4.91. The van der Waals surface area contributed by atoms with Gasteiger partial charge in [-0.1, -0.05) is 24.3 Å². The van der Waals surface area contributed by atoms with E-state index >= 15 is 0 Å². The molecule has 1 aromatic carbocycles. The minimum atomic E-state index is -0.203. The lowest BCUT2D eigenvalue weighted by Crippen LogP contribution is -2.18. The smallest absolute Gasteiger partial charge is 0.157 e. The standard InChI is InChI=1S/C15H16FN3S2/c1-3-6-17-9(2)14-18-19-15(21-14)13-7-10-4-5-11(16)8-12(10)20-13/h4-5,7-9,17H,3,6H2,1-2H3. The van der Waals surface area contributed by atoms with Gasteiger partial charge < -0.3 is 5.32 Å². The first-order chi connectivity index (χ1) is 10.2. The first kappa shape index (κ1) is 14.6. The van der Waals surface area contributed by atoms with E-state index in [1.807, 2.05) is 6.07 Å². The van der Waals surface area contributed by atoms with E-state index in [0.29, 0.717) is 0 Å². The van der Waals surface area contributed by atoms with Gasteiger partial charge in [-0.15, -0.1) is 21.5 Å². The molecule has 0 spiro atoms. The third kappa shape index (κ3) is 3.12. The molecule has 0 amide bonds. The lowest BCUT2D eigenvalue weighted by molar-refractivity contribution is 0.564. The van der Waals surface area contributed by atoms with Crippen molar-refractivity contribution in [1.82, 2.24) is 15.5 Å². The highest BCUT2D eigenvalue weighted by Gasteiger charge is 2.14. The molecule has 0 aliphatic carbocycles. The summed E-state index contributed by atoms with van der Waals surface area (Å²) in [5, 5.41) is 14.9. The molecule has 1 unspecified atom stereocenters. The Morgan fingerprint density at radius 2 is 2.10 bits per heavy atom. The average Bonchev–Trinajstić information content (AvgIpc) is 3.10. The maximum atomic E-state index is 13.2. The van der Waals surface area contributed by atoms with Gasteiger partial charge in [0.1, 0.15) is 10.8 Å². The molecule has 110 valence electrons. The number of fused-ring (bicyclic) bond motifs is 1. The maximum Gasteiger partial charge on any atom is 0.157 e. The van der Waals surface area contributed by atoms with Crippen molar-refractivity contribution in [3.63, 3.8) is 0 Å². The van der Waals surface area contributed by atoms with Crippen LogP contribution in [0.25, 0.3) is 20.0 Å². The predicted octanol–water partition coefficient (Wildman–Crippen LogP) is 4.62. The van der Waals surface area contributed by atoms with E-state index in [0.717, 1.165) is 37.9 Å². The fourth-order valence-corrected chi connectivity index (χ4v) is 4.07. The van der Waals surface area contributed by atoms with Gasteiger partial charge in [-0.05, 0) is 43.5 Å². The molecule has 0 radical (unpaired) electrons. The Balaban J connectivity index is 1.87. The molecule has 2 heterocycles. The number of hydrogen-bond acceptors (Lipinski definition) is 5. The quantitative estimate of drug-likeness (QED) is 0.745. The minimum absolute atomic E-state index is 0.203. The van der Waals surface area contributed by atoms with E-state index in [2.05, 4.69) is 29.4 Å². The number of benzene rings is 1. The monoisotopic (exact) mass is 321 g/mol. The Labute approximate surface area is 130 Å². The minimum Gasteiger partial charge on any atom is -0.308 e. The molecule has 1 atom stereocenters. The zero-order valence-electron chi connectivity index (χ0n) is 11.9. The molecule has 3 nitrogen and oxygen atoms in total. The van der Waals surface area contributed by atoms with Crippen molar-refractivity contribution in [3.8, 4) is 9.88 Å². The molecule has 21 heavy (non-hydrogen) atoms. The van der Waals surface area contributed by atoms with Crippen LogP contribution >= 0.6 is 22.7 Å². The Kier molecular flexibility index (Phi) is 4.28. The molecule has 0 saturated heterocycles. The van der Waals surface area contributed by atoms with Crippen LogP contribution in [0.4, 0.5) is 4.39 Å². The summed E-state index contributed by atoms with van der Waals surface area (Å²) in [5.41, 5.74) is 0. The van der Waals surface area contributed by atoms with Crippen LogP contribution in [0, 0.1) is 5.82 Å². The third-order valence-corrected chi connectivity index (χ3v) is 5.58. The van der Waals surface area contributed by atoms with Crippen LogP contribution in [-0.4, -0.2) is 16.7 Å². The summed E-state index contributed by atoms with van der Waals surface area (Å²) >= 11 is 3.15. The largest absolute Gasteiger partial charge is 0.308 e. The number of nitrogens with one attached hydrogen (secondary N) is 1. The van der Waals surface area contributed by atoms with Crippen LogP contribution in [-0.2, 0) is 0 Å². The maximum absolute atomic E-state index is 13.2. The van der Waals surface area contributed by atoms with Crippen molar-refractivity contribution in [2.24, 2.45) is 0 Å². The van der Waals surface area contributed by atoms with Gasteiger partial charge >= 0.3 is 0 Å². The van der Waals surface area contributed by atoms with Crippen LogP contribution in [0.3, 0.4) is 0 Å². The molecule has 0 aliphatic heterocycles. The molecular weight excluding hydrogens is 305 g/mol. The van der Waals surface area contributed by atoms with E-state index in [-0.39, 0.29) is 11.9 Å². The fourth-order valence-electron chi connectivity index (χ4n) is 2.07. The summed E-state index contributed by atoms with van der Waals surface area (Å²) in [6.07, 6.45) is 1.10. The van der Waals surface area contributed by atoms with Crippen molar-refractivity contribution in [1.29, 1.82) is 0 Å². The van der Waals surface area contributed by atoms with Crippen molar-refractivity contribution in [2.45, 2.75) is 26.3 Å². The molecule has 3 aromatic rings. The molecule has 0 fully saturated rings. The summed E-state index contributed by atoms with van der Waals surface area (Å²) in [5.74, 6) is -0.203. The number of halogens is 1. The van der Waals surface area contributed by atoms with E-state index in [1.165, 1.54) is 6.07 Å². The van der Waals surface area contributed by atoms with Gasteiger partial charge in [0.25, 0.3) is 0 Å². The summed E-state index contributed by atoms with van der Waals surface area (Å²) in [6, 6.07) is 7.12. The van der Waals surface area contributed by atoms with Gasteiger partial charge in [0.2, 0.25) is 0 Å². The summed E-state index contributed by atoms with van der Waals surface area (Å²) in [4.78, 5) is 1.04. The Morgan fingerprint density at radius 1 is 1.24 bits per heavy atom. The molecule has 1 N–H and O–H groups in total. The van der Waals surface area contributed by atoms with Crippen molar-refractivity contribution in [3.05, 3.63) is 35.1 Å². The summed E-state index contributed by atoms with van der Waals surface area (Å²) in [6.45, 7) is 5.21. The Morgan fingerprint density at radius 3 is 2.90 bits per heavy atom. The van der Waals surface area contributed by atoms with E-state index < -0.39 is 0 Å². The summed E-state index contributed by atoms with van der Waals surface area (Å²) < 4.78 is 14.2. The van der Waals surface area contributed by atoms with Gasteiger partial charge in [-0.25, -0.2) is 4.39 Å². The first-order valence-corrected chi connectivity index (χ1v) is 8.57. The molecule has 0 bridgehead atoms. The summed E-state index contributed by atoms with van der Waals surface area (Å²) in [7, 11) is 0. The van der Waals surface area contributed by atoms with Gasteiger partial charge in [-0.3, -0.25) is 0 Å². The lowest BCUT2D eigenvalue weighted by atomic mass is 10.2. The molecular formula is C15H16FN3S2. The predicted molar refractivity (Wildman–Crippen MR) is 87.4 cm³/mol. The molecule has 2 aromatic heterocycles. The number of nitrogens with zero attached hydrogens (tertiary/aromatic N) is 2. The molecule has 0 saturated carbocycles. The highest BCUT2D eigenvalue weighted by Crippen LogP contribution is 2.36. The van der Waals surface area contributed by atoms with E-state index in [1.54, 1.807) is 34.8 Å². The molecule has 0 aliphatic rings. The molecule has 3 rings (SSSR count). The van der Waals surface area contributed by atoms with Crippen LogP contribution in [0.2, 0.25) is 0 Å². The van der Waals surface area contributed by atoms with Crippen molar-refractivity contribution >= 4 is 32.8 Å². The topological polar surface area (TPSA) is 37.8 Å². The second kappa shape index (κ2) is 6.17. The van der Waals surface area contributed by atoms with Gasteiger partial charge in [0.15, 0.2) is 5.01 Å². The van der Waals surface area contributed by atoms with Gasteiger partial charge in [0, 0.05) is 4.70 Å². The zero-order chi connectivity index (χ0) is 14.8. The van der Waals surface area contributed by atoms with E-state index in [9.17, 15) is 4.39 Å². The number of hydrogen-bond donors (Lipinski definition) is 1. The van der Waals surface area contributed by atoms with Crippen molar-refractivity contribution in [2.75, 3.05) is 6.54 Å². The first-order valence-electron chi connectivity index (χ1n) is 6.93. The SMILES string of the molecule is CCCNC(C)c1nnc(-c2cc3ccc(F)cc3s2)s1. The average molecular weight is 321 g/mol. The lowest BCUT2D eigenvalue weighted by Gasteiger charge is -2.08. The Bertz CT molecular complexity index is 750. The second-order valence-corrected chi connectivity index (χ2v) is 7.01. The number of thiophene rings is 1. The van der Waals surface area contributed by atoms with Crippen molar-refractivity contribution < 1.29 is 4.39 Å². The zero-order valence-corrected chi connectivity index (χ0v) is 13.5. The fraction of sp³-hybridized carbons (Fsp3) is 0.333. The highest BCUT2D eigenvalue weighted by atomic mass is 32.1. The molecule has 6 heteroatoms. The van der Waals surface area contributed by atoms with Crippen LogP contribution in [0.5, 0.6) is 0 Å². The van der Waals surface area contributed by atoms with E-state index in [4.69, 9.17) is 0 Å². The van der Waals surface area contributed by atoms with Crippen LogP contribution in [0.1, 0.15) is 31.3 Å². The van der Waals surface area contributed by atoms with Crippen LogP contribution < -0.4 is 5.32 Å². The van der Waals surface area contributed by atoms with Gasteiger partial charge in [-0.2, -0.15) is 0 Å². The Hall–Kier alpha value is -1.37. The number of rotatable bonds is 5. The third-order valence-electron chi connectivity index (χ3n) is 3.20. The number of aromatic nitrogens is 2. The normalized spacial score (nSPS) is 12.9. The highest BCUT2D eigenvalue weighted by molar-refractivity contribution is 7.25.